The van der Waals surface area contributed by atoms with Crippen LogP contribution < -0.4 is 15.8 Å². The molecule has 1 aliphatic carbocycles. The predicted molar refractivity (Wildman–Crippen MR) is 187 cm³/mol. The van der Waals surface area contributed by atoms with Gasteiger partial charge in [0.05, 0.1) is 42.5 Å². The molecule has 6 heterocycles. The van der Waals surface area contributed by atoms with Gasteiger partial charge in [0.15, 0.2) is 6.29 Å². The highest BCUT2D eigenvalue weighted by Crippen LogP contribution is 2.36. The molecule has 3 aromatic heterocycles. The molecule has 10 nitrogen and oxygen atoms in total. The number of carbonyl (C=O) groups is 1. The van der Waals surface area contributed by atoms with Crippen LogP contribution in [0.15, 0.2) is 72.1 Å². The third-order valence-electron chi connectivity index (χ3n) is 10.2. The molecule has 1 N–H and O–H groups in total. The van der Waals surface area contributed by atoms with E-state index in [4.69, 9.17) is 4.74 Å². The molecule has 10 heteroatoms. The molecular formula is C37H43N7O3. The van der Waals surface area contributed by atoms with Crippen LogP contribution in [0.2, 0.25) is 0 Å². The summed E-state index contributed by atoms with van der Waals surface area (Å²) in [5.41, 5.74) is 8.11. The Hall–Kier alpha value is -4.67. The summed E-state index contributed by atoms with van der Waals surface area (Å²) in [6.45, 7) is 17.4. The molecule has 0 spiro atoms. The summed E-state index contributed by atoms with van der Waals surface area (Å²) in [6, 6.07) is 8.82. The molecule has 244 valence electrons. The van der Waals surface area contributed by atoms with Crippen LogP contribution in [0.5, 0.6) is 0 Å². The Balaban J connectivity index is 1.09. The van der Waals surface area contributed by atoms with E-state index in [9.17, 15) is 9.59 Å². The van der Waals surface area contributed by atoms with Gasteiger partial charge in [0.25, 0.3) is 5.56 Å². The third-order valence-corrected chi connectivity index (χ3v) is 10.2. The number of hydrogen-bond donors (Lipinski definition) is 1. The monoisotopic (exact) mass is 633 g/mol. The van der Waals surface area contributed by atoms with Crippen LogP contribution in [0.3, 0.4) is 0 Å². The molecular weight excluding hydrogens is 590 g/mol. The van der Waals surface area contributed by atoms with E-state index in [-0.39, 0.29) is 5.56 Å². The highest BCUT2D eigenvalue weighted by Gasteiger charge is 2.32. The molecule has 2 fully saturated rings. The maximum atomic E-state index is 13.2. The Morgan fingerprint density at radius 3 is 2.64 bits per heavy atom. The number of ether oxygens (including phenoxy) is 1. The molecule has 7 rings (SSSR count). The molecule has 0 saturated carbocycles. The molecule has 0 aromatic carbocycles. The molecule has 0 radical (unpaired) electrons. The molecule has 47 heavy (non-hydrogen) atoms. The van der Waals surface area contributed by atoms with Crippen molar-refractivity contribution in [1.82, 2.24) is 23.9 Å². The summed E-state index contributed by atoms with van der Waals surface area (Å²) in [4.78, 5) is 37.3. The van der Waals surface area contributed by atoms with Crippen LogP contribution in [0.4, 0.5) is 17.2 Å². The van der Waals surface area contributed by atoms with Crippen molar-refractivity contribution in [1.29, 1.82) is 0 Å². The second kappa shape index (κ2) is 12.5. The van der Waals surface area contributed by atoms with Crippen molar-refractivity contribution >= 4 is 40.9 Å². The molecule has 1 atom stereocenters. The van der Waals surface area contributed by atoms with Crippen LogP contribution >= 0.6 is 0 Å². The maximum absolute atomic E-state index is 13.2. The Bertz CT molecular complexity index is 1860. The van der Waals surface area contributed by atoms with Gasteiger partial charge in [-0.3, -0.25) is 14.5 Å². The first-order valence-corrected chi connectivity index (χ1v) is 16.5. The van der Waals surface area contributed by atoms with Crippen LogP contribution in [0, 0.1) is 0 Å². The molecule has 3 aliphatic heterocycles. The Kier molecular flexibility index (Phi) is 8.23. The minimum Gasteiger partial charge on any atom is -0.378 e. The molecule has 1 unspecified atom stereocenters. The lowest BCUT2D eigenvalue weighted by atomic mass is 9.98. The van der Waals surface area contributed by atoms with E-state index in [1.165, 1.54) is 28.7 Å². The summed E-state index contributed by atoms with van der Waals surface area (Å²) >= 11 is 0. The summed E-state index contributed by atoms with van der Waals surface area (Å²) in [6.07, 6.45) is 13.0. The minimum atomic E-state index is -0.206. The third kappa shape index (κ3) is 5.65. The molecule has 0 amide bonds. The summed E-state index contributed by atoms with van der Waals surface area (Å²) in [5.74, 6) is 0.564. The van der Waals surface area contributed by atoms with Gasteiger partial charge in [-0.15, -0.1) is 0 Å². The Morgan fingerprint density at radius 1 is 1.13 bits per heavy atom. The number of pyridine rings is 2. The van der Waals surface area contributed by atoms with Gasteiger partial charge in [-0.05, 0) is 74.9 Å². The van der Waals surface area contributed by atoms with Crippen molar-refractivity contribution in [3.8, 4) is 0 Å². The van der Waals surface area contributed by atoms with E-state index in [0.717, 1.165) is 69.1 Å². The number of anilines is 3. The number of aldehydes is 1. The van der Waals surface area contributed by atoms with E-state index < -0.39 is 0 Å². The van der Waals surface area contributed by atoms with E-state index >= 15 is 0 Å². The smallest absolute Gasteiger partial charge is 0.274 e. The van der Waals surface area contributed by atoms with Crippen molar-refractivity contribution in [2.75, 3.05) is 43.1 Å². The van der Waals surface area contributed by atoms with Crippen LogP contribution in [0.1, 0.15) is 49.2 Å². The largest absolute Gasteiger partial charge is 0.378 e. The van der Waals surface area contributed by atoms with Crippen LogP contribution in [0.25, 0.3) is 17.5 Å². The fourth-order valence-electron chi connectivity index (χ4n) is 7.31. The number of piperazine rings is 1. The molecule has 0 bridgehead atoms. The van der Waals surface area contributed by atoms with Crippen molar-refractivity contribution in [3.05, 3.63) is 100 Å². The lowest BCUT2D eigenvalue weighted by molar-refractivity contribution is -0.104. The van der Waals surface area contributed by atoms with Gasteiger partial charge in [-0.1, -0.05) is 13.2 Å². The summed E-state index contributed by atoms with van der Waals surface area (Å²) < 4.78 is 9.12. The number of aromatic nitrogens is 3. The van der Waals surface area contributed by atoms with Gasteiger partial charge in [-0.2, -0.15) is 0 Å². The van der Waals surface area contributed by atoms with E-state index in [2.05, 4.69) is 57.0 Å². The lowest BCUT2D eigenvalue weighted by Gasteiger charge is -2.46. The number of fused-ring (bicyclic) bond motifs is 3. The predicted octanol–water partition coefficient (Wildman–Crippen LogP) is 5.01. The van der Waals surface area contributed by atoms with Crippen molar-refractivity contribution in [2.45, 2.75) is 51.6 Å². The number of rotatable bonds is 8. The van der Waals surface area contributed by atoms with Gasteiger partial charge < -0.3 is 29.0 Å². The first kappa shape index (κ1) is 31.0. The molecule has 4 aliphatic rings. The molecule has 2 saturated heterocycles. The van der Waals surface area contributed by atoms with Gasteiger partial charge in [-0.25, -0.2) is 4.98 Å². The lowest BCUT2D eigenvalue weighted by Crippen LogP contribution is -2.59. The van der Waals surface area contributed by atoms with Gasteiger partial charge in [0, 0.05) is 73.8 Å². The maximum Gasteiger partial charge on any atom is 0.274 e. The second-order valence-electron chi connectivity index (χ2n) is 13.1. The number of carbonyl (C=O) groups excluding carboxylic acids is 1. The Morgan fingerprint density at radius 2 is 1.94 bits per heavy atom. The van der Waals surface area contributed by atoms with E-state index in [1.54, 1.807) is 19.3 Å². The van der Waals surface area contributed by atoms with Crippen molar-refractivity contribution < 1.29 is 9.53 Å². The zero-order chi connectivity index (χ0) is 32.8. The minimum absolute atomic E-state index is 0.206. The topological polar surface area (TPSA) is 87.9 Å². The Labute approximate surface area is 275 Å². The average Bonchev–Trinajstić information content (AvgIpc) is 3.43. The number of aryl methyl sites for hydroxylation is 2. The van der Waals surface area contributed by atoms with E-state index in [0.29, 0.717) is 46.0 Å². The average molecular weight is 634 g/mol. The number of nitrogens with one attached hydrogen (secondary N) is 1. The van der Waals surface area contributed by atoms with Crippen molar-refractivity contribution in [2.24, 2.45) is 7.05 Å². The normalized spacial score (nSPS) is 20.3. The quantitative estimate of drug-likeness (QED) is 0.211. The van der Waals surface area contributed by atoms with Gasteiger partial charge in [0.2, 0.25) is 0 Å². The van der Waals surface area contributed by atoms with E-state index in [1.807, 2.05) is 36.4 Å². The zero-order valence-electron chi connectivity index (χ0n) is 27.5. The van der Waals surface area contributed by atoms with Crippen LogP contribution in [-0.2, 0) is 29.4 Å². The summed E-state index contributed by atoms with van der Waals surface area (Å²) in [5, 5.41) is 3.21. The SMILES string of the molecule is C=C(/C(C=O)=C(\C)N1C=Cn2c(cc3c2CCCC3)C1=C)c1cc(Nc2ccc(N3CCN(C4COC4)CC3C)cn2)c(=O)n(C)c1. The first-order chi connectivity index (χ1) is 22.7. The van der Waals surface area contributed by atoms with Gasteiger partial charge >= 0.3 is 0 Å². The summed E-state index contributed by atoms with van der Waals surface area (Å²) in [7, 11) is 1.69. The fraction of sp³-hybridized carbons (Fsp3) is 0.378. The molecule has 3 aromatic rings. The second-order valence-corrected chi connectivity index (χ2v) is 13.1. The number of nitrogens with zero attached hydrogens (tertiary/aromatic N) is 6. The number of allylic oxidation sites excluding steroid dienone is 3. The van der Waals surface area contributed by atoms with Crippen molar-refractivity contribution in [3.63, 3.8) is 0 Å². The first-order valence-electron chi connectivity index (χ1n) is 16.5. The fourth-order valence-corrected chi connectivity index (χ4v) is 7.31. The standard InChI is InChI=1S/C37H43N7O3/c1-24-19-41(31-22-47-23-31)12-13-42(24)30-10-11-36(38-18-30)39-33-16-29(20-40(5)37(33)46)25(2)32(21-45)26(3)43-14-15-44-34-9-7-6-8-28(34)17-35(44)27(43)4/h10-11,14-18,20-21,24,31H,2,4,6-9,12-13,19,22-23H2,1,3,5H3,(H,38,39)/b32-26+. The van der Waals surface area contributed by atoms with Gasteiger partial charge in [0.1, 0.15) is 11.5 Å². The highest BCUT2D eigenvalue weighted by atomic mass is 16.5. The highest BCUT2D eigenvalue weighted by molar-refractivity contribution is 5.99. The number of hydrogen-bond acceptors (Lipinski definition) is 8. The van der Waals surface area contributed by atoms with Crippen LogP contribution in [-0.4, -0.2) is 75.1 Å². The zero-order valence-corrected chi connectivity index (χ0v) is 27.5.